The lowest BCUT2D eigenvalue weighted by Gasteiger charge is -2.22. The van der Waals surface area contributed by atoms with Crippen molar-refractivity contribution in [3.63, 3.8) is 0 Å². The fourth-order valence-electron chi connectivity index (χ4n) is 2.05. The fraction of sp³-hybridized carbons (Fsp3) is 0.692. The minimum atomic E-state index is 0.703. The van der Waals surface area contributed by atoms with Crippen LogP contribution in [0.3, 0.4) is 0 Å². The molecule has 0 atom stereocenters. The first-order valence-corrected chi connectivity index (χ1v) is 6.66. The van der Waals surface area contributed by atoms with Crippen LogP contribution >= 0.6 is 0 Å². The smallest absolute Gasteiger partial charge is 0.134 e. The Kier molecular flexibility index (Phi) is 3.82. The zero-order valence-electron chi connectivity index (χ0n) is 11.0. The van der Waals surface area contributed by atoms with Crippen molar-refractivity contribution in [2.45, 2.75) is 46.1 Å². The molecule has 1 aromatic heterocycles. The van der Waals surface area contributed by atoms with Crippen molar-refractivity contribution in [2.24, 2.45) is 0 Å². The van der Waals surface area contributed by atoms with E-state index in [0.29, 0.717) is 6.04 Å². The molecule has 0 bridgehead atoms. The zero-order chi connectivity index (χ0) is 12.3. The van der Waals surface area contributed by atoms with Crippen molar-refractivity contribution >= 4 is 11.6 Å². The van der Waals surface area contributed by atoms with Gasteiger partial charge in [-0.05, 0) is 26.7 Å². The first kappa shape index (κ1) is 12.1. The molecule has 1 aliphatic carbocycles. The molecule has 1 fully saturated rings. The van der Waals surface area contributed by atoms with Gasteiger partial charge in [0.25, 0.3) is 0 Å². The Hall–Kier alpha value is -1.32. The summed E-state index contributed by atoms with van der Waals surface area (Å²) in [5, 5.41) is 3.28. The lowest BCUT2D eigenvalue weighted by molar-refractivity contribution is 0.792. The molecular weight excluding hydrogens is 212 g/mol. The van der Waals surface area contributed by atoms with Crippen LogP contribution in [0.5, 0.6) is 0 Å². The summed E-state index contributed by atoms with van der Waals surface area (Å²) in [6.07, 6.45) is 3.49. The van der Waals surface area contributed by atoms with Crippen LogP contribution in [0.2, 0.25) is 0 Å². The molecule has 17 heavy (non-hydrogen) atoms. The fourth-order valence-corrected chi connectivity index (χ4v) is 2.05. The summed E-state index contributed by atoms with van der Waals surface area (Å²) in [5.41, 5.74) is 0. The summed E-state index contributed by atoms with van der Waals surface area (Å²) in [4.78, 5) is 11.5. The van der Waals surface area contributed by atoms with Crippen molar-refractivity contribution in [2.75, 3.05) is 23.3 Å². The van der Waals surface area contributed by atoms with E-state index in [1.807, 2.05) is 0 Å². The molecule has 1 saturated carbocycles. The Bertz CT molecular complexity index is 374. The van der Waals surface area contributed by atoms with Crippen LogP contribution in [0, 0.1) is 0 Å². The Balaban J connectivity index is 2.27. The molecule has 0 saturated heterocycles. The van der Waals surface area contributed by atoms with E-state index in [-0.39, 0.29) is 0 Å². The number of nitrogens with zero attached hydrogens (tertiary/aromatic N) is 3. The Morgan fingerprint density at radius 1 is 1.29 bits per heavy atom. The van der Waals surface area contributed by atoms with Gasteiger partial charge >= 0.3 is 0 Å². The molecule has 94 valence electrons. The van der Waals surface area contributed by atoms with Crippen molar-refractivity contribution in [1.29, 1.82) is 0 Å². The van der Waals surface area contributed by atoms with E-state index >= 15 is 0 Å². The van der Waals surface area contributed by atoms with Gasteiger partial charge in [0.15, 0.2) is 0 Å². The van der Waals surface area contributed by atoms with E-state index in [1.165, 1.54) is 12.8 Å². The number of aryl methyl sites for hydroxylation is 1. The van der Waals surface area contributed by atoms with Crippen molar-refractivity contribution in [3.8, 4) is 0 Å². The zero-order valence-corrected chi connectivity index (χ0v) is 11.0. The van der Waals surface area contributed by atoms with Crippen molar-refractivity contribution in [3.05, 3.63) is 11.9 Å². The quantitative estimate of drug-likeness (QED) is 0.821. The molecule has 1 heterocycles. The van der Waals surface area contributed by atoms with E-state index in [9.17, 15) is 0 Å². The van der Waals surface area contributed by atoms with Gasteiger partial charge in [0.2, 0.25) is 0 Å². The lowest BCUT2D eigenvalue weighted by Crippen LogP contribution is -2.26. The largest absolute Gasteiger partial charge is 0.370 e. The first-order valence-electron chi connectivity index (χ1n) is 6.66. The van der Waals surface area contributed by atoms with E-state index in [1.54, 1.807) is 0 Å². The number of aromatic nitrogens is 2. The molecular formula is C13H22N4. The SMILES string of the molecule is CCNc1cc(N(CC)C2CC2)nc(CC)n1. The van der Waals surface area contributed by atoms with Crippen molar-refractivity contribution in [1.82, 2.24) is 9.97 Å². The van der Waals surface area contributed by atoms with Gasteiger partial charge in [-0.25, -0.2) is 9.97 Å². The highest BCUT2D eigenvalue weighted by molar-refractivity contribution is 5.50. The summed E-state index contributed by atoms with van der Waals surface area (Å²) < 4.78 is 0. The first-order chi connectivity index (χ1) is 8.28. The number of hydrogen-bond acceptors (Lipinski definition) is 4. The van der Waals surface area contributed by atoms with Gasteiger partial charge in [-0.3, -0.25) is 0 Å². The van der Waals surface area contributed by atoms with Gasteiger partial charge in [-0.15, -0.1) is 0 Å². The third-order valence-corrected chi connectivity index (χ3v) is 3.06. The second kappa shape index (κ2) is 5.34. The molecule has 0 aromatic carbocycles. The Labute approximate surface area is 103 Å². The molecule has 4 heteroatoms. The summed E-state index contributed by atoms with van der Waals surface area (Å²) in [6.45, 7) is 8.30. The van der Waals surface area contributed by atoms with Gasteiger partial charge in [-0.1, -0.05) is 6.92 Å². The third-order valence-electron chi connectivity index (χ3n) is 3.06. The van der Waals surface area contributed by atoms with E-state index in [4.69, 9.17) is 0 Å². The maximum absolute atomic E-state index is 4.64. The van der Waals surface area contributed by atoms with Gasteiger partial charge < -0.3 is 10.2 Å². The molecule has 1 aliphatic rings. The minimum Gasteiger partial charge on any atom is -0.370 e. The third kappa shape index (κ3) is 2.87. The summed E-state index contributed by atoms with van der Waals surface area (Å²) in [6, 6.07) is 2.78. The number of anilines is 2. The predicted molar refractivity (Wildman–Crippen MR) is 71.6 cm³/mol. The normalized spacial score (nSPS) is 14.8. The highest BCUT2D eigenvalue weighted by Crippen LogP contribution is 2.31. The molecule has 0 spiro atoms. The Morgan fingerprint density at radius 3 is 2.59 bits per heavy atom. The maximum atomic E-state index is 4.64. The lowest BCUT2D eigenvalue weighted by atomic mass is 10.3. The predicted octanol–water partition coefficient (Wildman–Crippen LogP) is 2.46. The van der Waals surface area contributed by atoms with Crippen LogP contribution < -0.4 is 10.2 Å². The average molecular weight is 234 g/mol. The summed E-state index contributed by atoms with van der Waals surface area (Å²) in [5.74, 6) is 2.96. The summed E-state index contributed by atoms with van der Waals surface area (Å²) in [7, 11) is 0. The highest BCUT2D eigenvalue weighted by atomic mass is 15.2. The monoisotopic (exact) mass is 234 g/mol. The molecule has 1 N–H and O–H groups in total. The van der Waals surface area contributed by atoms with Crippen LogP contribution in [0.4, 0.5) is 11.6 Å². The van der Waals surface area contributed by atoms with Gasteiger partial charge in [0.05, 0.1) is 0 Å². The van der Waals surface area contributed by atoms with Gasteiger partial charge in [0.1, 0.15) is 17.5 Å². The van der Waals surface area contributed by atoms with Crippen LogP contribution in [-0.4, -0.2) is 29.1 Å². The van der Waals surface area contributed by atoms with Gasteiger partial charge in [-0.2, -0.15) is 0 Å². The molecule has 1 aromatic rings. The minimum absolute atomic E-state index is 0.703. The molecule has 0 radical (unpaired) electrons. The molecule has 0 amide bonds. The summed E-state index contributed by atoms with van der Waals surface area (Å²) >= 11 is 0. The number of nitrogens with one attached hydrogen (secondary N) is 1. The van der Waals surface area contributed by atoms with Crippen LogP contribution in [-0.2, 0) is 6.42 Å². The van der Waals surface area contributed by atoms with Crippen LogP contribution in [0.15, 0.2) is 6.07 Å². The Morgan fingerprint density at radius 2 is 2.06 bits per heavy atom. The van der Waals surface area contributed by atoms with Crippen LogP contribution in [0.25, 0.3) is 0 Å². The van der Waals surface area contributed by atoms with Gasteiger partial charge in [0, 0.05) is 31.6 Å². The van der Waals surface area contributed by atoms with Crippen molar-refractivity contribution < 1.29 is 0 Å². The molecule has 0 unspecified atom stereocenters. The van der Waals surface area contributed by atoms with E-state index < -0.39 is 0 Å². The average Bonchev–Trinajstić information content (AvgIpc) is 3.15. The second-order valence-electron chi connectivity index (χ2n) is 4.43. The standard InChI is InChI=1S/C13H22N4/c1-4-11-15-12(14-5-2)9-13(16-11)17(6-3)10-7-8-10/h9-10H,4-8H2,1-3H3,(H,14,15,16). The number of rotatable bonds is 6. The highest BCUT2D eigenvalue weighted by Gasteiger charge is 2.29. The molecule has 4 nitrogen and oxygen atoms in total. The molecule has 2 rings (SSSR count). The topological polar surface area (TPSA) is 41.0 Å². The maximum Gasteiger partial charge on any atom is 0.134 e. The van der Waals surface area contributed by atoms with Crippen LogP contribution in [0.1, 0.15) is 39.4 Å². The van der Waals surface area contributed by atoms with E-state index in [0.717, 1.165) is 37.0 Å². The van der Waals surface area contributed by atoms with E-state index in [2.05, 4.69) is 47.0 Å². The molecule has 0 aliphatic heterocycles. The number of hydrogen-bond donors (Lipinski definition) is 1. The second-order valence-corrected chi connectivity index (χ2v) is 4.43.